The van der Waals surface area contributed by atoms with Gasteiger partial charge >= 0.3 is 0 Å². The molecule has 1 aliphatic rings. The SMILES string of the molecule is C=C[C@]1(O[Si](C)(C)C(C)(C)C)C=CCO[C@H]1c1ccccc1. The number of ether oxygens (including phenoxy) is 1. The first-order chi connectivity index (χ1) is 10.2. The molecule has 2 rings (SSSR count). The van der Waals surface area contributed by atoms with E-state index in [1.54, 1.807) is 0 Å². The Balaban J connectivity index is 2.43. The maximum atomic E-state index is 6.76. The average molecular weight is 317 g/mol. The first-order valence-corrected chi connectivity index (χ1v) is 10.8. The van der Waals surface area contributed by atoms with Gasteiger partial charge in [0.1, 0.15) is 11.7 Å². The fourth-order valence-electron chi connectivity index (χ4n) is 2.49. The van der Waals surface area contributed by atoms with Crippen molar-refractivity contribution in [3.63, 3.8) is 0 Å². The molecule has 3 heteroatoms. The van der Waals surface area contributed by atoms with E-state index in [0.717, 1.165) is 5.56 Å². The molecule has 2 atom stereocenters. The first kappa shape index (κ1) is 17.2. The van der Waals surface area contributed by atoms with Gasteiger partial charge in [-0.05, 0) is 29.8 Å². The zero-order valence-corrected chi connectivity index (χ0v) is 15.4. The van der Waals surface area contributed by atoms with Gasteiger partial charge in [0.15, 0.2) is 8.32 Å². The molecule has 0 unspecified atom stereocenters. The summed E-state index contributed by atoms with van der Waals surface area (Å²) < 4.78 is 12.8. The molecule has 1 heterocycles. The van der Waals surface area contributed by atoms with Crippen molar-refractivity contribution in [3.05, 3.63) is 60.7 Å². The summed E-state index contributed by atoms with van der Waals surface area (Å²) in [6.07, 6.45) is 5.92. The van der Waals surface area contributed by atoms with E-state index in [4.69, 9.17) is 9.16 Å². The summed E-state index contributed by atoms with van der Waals surface area (Å²) in [7, 11) is -1.96. The number of rotatable bonds is 4. The Morgan fingerprint density at radius 2 is 1.91 bits per heavy atom. The van der Waals surface area contributed by atoms with Crippen LogP contribution in [0.15, 0.2) is 55.1 Å². The van der Waals surface area contributed by atoms with E-state index >= 15 is 0 Å². The van der Waals surface area contributed by atoms with Crippen molar-refractivity contribution >= 4 is 8.32 Å². The number of benzene rings is 1. The van der Waals surface area contributed by atoms with Crippen LogP contribution in [0.5, 0.6) is 0 Å². The predicted octanol–water partition coefficient (Wildman–Crippen LogP) is 5.26. The molecule has 2 nitrogen and oxygen atoms in total. The number of hydrogen-bond acceptors (Lipinski definition) is 2. The molecule has 0 bridgehead atoms. The molecule has 0 spiro atoms. The van der Waals surface area contributed by atoms with Gasteiger partial charge in [0.2, 0.25) is 0 Å². The first-order valence-electron chi connectivity index (χ1n) is 7.90. The fourth-order valence-corrected chi connectivity index (χ4v) is 3.93. The molecule has 0 saturated carbocycles. The van der Waals surface area contributed by atoms with Gasteiger partial charge in [0.05, 0.1) is 6.61 Å². The van der Waals surface area contributed by atoms with E-state index in [2.05, 4.69) is 58.7 Å². The quantitative estimate of drug-likeness (QED) is 0.557. The van der Waals surface area contributed by atoms with Gasteiger partial charge in [-0.25, -0.2) is 0 Å². The third-order valence-electron chi connectivity index (χ3n) is 4.81. The minimum absolute atomic E-state index is 0.134. The van der Waals surface area contributed by atoms with Crippen LogP contribution in [-0.2, 0) is 9.16 Å². The third kappa shape index (κ3) is 3.27. The molecule has 0 aromatic heterocycles. The highest BCUT2D eigenvalue weighted by molar-refractivity contribution is 6.74. The zero-order valence-electron chi connectivity index (χ0n) is 14.4. The minimum atomic E-state index is -1.96. The highest BCUT2D eigenvalue weighted by Gasteiger charge is 2.47. The minimum Gasteiger partial charge on any atom is -0.402 e. The molecule has 1 aromatic carbocycles. The van der Waals surface area contributed by atoms with E-state index in [1.165, 1.54) is 0 Å². The Morgan fingerprint density at radius 1 is 1.27 bits per heavy atom. The smallest absolute Gasteiger partial charge is 0.193 e. The molecule has 0 fully saturated rings. The van der Waals surface area contributed by atoms with Crippen LogP contribution in [0.1, 0.15) is 32.4 Å². The second-order valence-electron chi connectivity index (χ2n) is 7.45. The maximum absolute atomic E-state index is 6.76. The van der Waals surface area contributed by atoms with Gasteiger partial charge < -0.3 is 9.16 Å². The van der Waals surface area contributed by atoms with Gasteiger partial charge in [-0.3, -0.25) is 0 Å². The summed E-state index contributed by atoms with van der Waals surface area (Å²) in [4.78, 5) is 0. The van der Waals surface area contributed by atoms with Gasteiger partial charge in [-0.1, -0.05) is 69.8 Å². The van der Waals surface area contributed by atoms with E-state index in [1.807, 2.05) is 30.4 Å². The normalized spacial score (nSPS) is 26.0. The highest BCUT2D eigenvalue weighted by atomic mass is 28.4. The van der Waals surface area contributed by atoms with Crippen LogP contribution in [-0.4, -0.2) is 20.5 Å². The van der Waals surface area contributed by atoms with E-state index in [0.29, 0.717) is 6.61 Å². The summed E-state index contributed by atoms with van der Waals surface area (Å²) in [6.45, 7) is 16.0. The standard InChI is InChI=1S/C19H28O2Si/c1-7-19(21-22(5,6)18(2,3)4)14-11-15-20-17(19)16-12-9-8-10-13-16/h7-14,17H,1,15H2,2-6H3/t17-,19-/m0/s1. The summed E-state index contributed by atoms with van der Waals surface area (Å²) in [5.41, 5.74) is 0.535. The summed E-state index contributed by atoms with van der Waals surface area (Å²) in [6, 6.07) is 10.3. The molecule has 1 aromatic rings. The van der Waals surface area contributed by atoms with Crippen LogP contribution in [0, 0.1) is 0 Å². The summed E-state index contributed by atoms with van der Waals surface area (Å²) in [5.74, 6) is 0. The van der Waals surface area contributed by atoms with E-state index < -0.39 is 13.9 Å². The topological polar surface area (TPSA) is 18.5 Å². The molecule has 120 valence electrons. The van der Waals surface area contributed by atoms with Crippen LogP contribution in [0.4, 0.5) is 0 Å². The summed E-state index contributed by atoms with van der Waals surface area (Å²) >= 11 is 0. The second-order valence-corrected chi connectivity index (χ2v) is 12.2. The lowest BCUT2D eigenvalue weighted by atomic mass is 9.89. The van der Waals surface area contributed by atoms with E-state index in [9.17, 15) is 0 Å². The average Bonchev–Trinajstić information content (AvgIpc) is 2.47. The van der Waals surface area contributed by atoms with Crippen LogP contribution in [0.3, 0.4) is 0 Å². The van der Waals surface area contributed by atoms with Gasteiger partial charge in [0.25, 0.3) is 0 Å². The molecular weight excluding hydrogens is 288 g/mol. The lowest BCUT2D eigenvalue weighted by Crippen LogP contribution is -2.52. The Morgan fingerprint density at radius 3 is 2.45 bits per heavy atom. The highest BCUT2D eigenvalue weighted by Crippen LogP contribution is 2.45. The molecule has 1 aliphatic heterocycles. The lowest BCUT2D eigenvalue weighted by Gasteiger charge is -2.47. The molecule has 0 saturated heterocycles. The molecular formula is C19H28O2Si. The van der Waals surface area contributed by atoms with Crippen LogP contribution in [0.2, 0.25) is 18.1 Å². The van der Waals surface area contributed by atoms with Crippen molar-refractivity contribution in [1.29, 1.82) is 0 Å². The third-order valence-corrected chi connectivity index (χ3v) is 9.28. The van der Waals surface area contributed by atoms with Crippen LogP contribution in [0.25, 0.3) is 0 Å². The Hall–Kier alpha value is -1.16. The molecule has 0 amide bonds. The molecule has 22 heavy (non-hydrogen) atoms. The van der Waals surface area contributed by atoms with E-state index in [-0.39, 0.29) is 11.1 Å². The Bertz CT molecular complexity index is 542. The maximum Gasteiger partial charge on any atom is 0.193 e. The van der Waals surface area contributed by atoms with Crippen molar-refractivity contribution in [2.45, 2.75) is 50.6 Å². The Kier molecular flexibility index (Phi) is 4.80. The van der Waals surface area contributed by atoms with Gasteiger partial charge in [0, 0.05) is 0 Å². The monoisotopic (exact) mass is 316 g/mol. The van der Waals surface area contributed by atoms with Crippen molar-refractivity contribution in [2.24, 2.45) is 0 Å². The molecule has 0 radical (unpaired) electrons. The van der Waals surface area contributed by atoms with Crippen molar-refractivity contribution in [2.75, 3.05) is 6.61 Å². The van der Waals surface area contributed by atoms with Crippen molar-refractivity contribution in [1.82, 2.24) is 0 Å². The fraction of sp³-hybridized carbons (Fsp3) is 0.474. The van der Waals surface area contributed by atoms with Gasteiger partial charge in [-0.2, -0.15) is 0 Å². The van der Waals surface area contributed by atoms with Crippen LogP contribution < -0.4 is 0 Å². The van der Waals surface area contributed by atoms with Crippen LogP contribution >= 0.6 is 0 Å². The summed E-state index contributed by atoms with van der Waals surface area (Å²) in [5, 5.41) is 0.134. The predicted molar refractivity (Wildman–Crippen MR) is 95.5 cm³/mol. The molecule has 0 aliphatic carbocycles. The lowest BCUT2D eigenvalue weighted by molar-refractivity contribution is -0.0517. The van der Waals surface area contributed by atoms with Gasteiger partial charge in [-0.15, -0.1) is 0 Å². The Labute approximate surface area is 136 Å². The molecule has 0 N–H and O–H groups in total. The van der Waals surface area contributed by atoms with Crippen molar-refractivity contribution in [3.8, 4) is 0 Å². The number of hydrogen-bond donors (Lipinski definition) is 0. The second kappa shape index (κ2) is 6.15. The zero-order chi connectivity index (χ0) is 16.4. The van der Waals surface area contributed by atoms with Crippen molar-refractivity contribution < 1.29 is 9.16 Å². The largest absolute Gasteiger partial charge is 0.402 e.